The van der Waals surface area contributed by atoms with Crippen LogP contribution in [0.1, 0.15) is 40.5 Å². The van der Waals surface area contributed by atoms with E-state index in [9.17, 15) is 9.36 Å². The lowest BCUT2D eigenvalue weighted by atomic mass is 9.94. The van der Waals surface area contributed by atoms with E-state index in [2.05, 4.69) is 5.32 Å². The summed E-state index contributed by atoms with van der Waals surface area (Å²) in [6.07, 6.45) is 1.84. The maximum absolute atomic E-state index is 12.6. The molecule has 0 aliphatic carbocycles. The fourth-order valence-electron chi connectivity index (χ4n) is 2.54. The van der Waals surface area contributed by atoms with Gasteiger partial charge in [0.15, 0.2) is 0 Å². The first-order valence-corrected chi connectivity index (χ1v) is 9.91. The number of carbonyl (C=O) groups is 1. The van der Waals surface area contributed by atoms with Gasteiger partial charge in [-0.3, -0.25) is 9.36 Å². The van der Waals surface area contributed by atoms with Crippen molar-refractivity contribution in [2.45, 2.75) is 46.6 Å². The molecular formula is C15H30NO5P. The Kier molecular flexibility index (Phi) is 8.62. The van der Waals surface area contributed by atoms with Gasteiger partial charge in [-0.15, -0.1) is 0 Å². The first kappa shape index (κ1) is 19.6. The van der Waals surface area contributed by atoms with Gasteiger partial charge in [0.05, 0.1) is 26.0 Å². The molecule has 0 radical (unpaired) electrons. The standard InChI is InChI=1S/C15H30NO5P/c1-5-20-22(18,21-6-2)11-13-7-8-16-14(9-13)15(17)19-10-12(3)4/h12-14,16H,5-11H2,1-4H3. The molecule has 1 N–H and O–H groups in total. The minimum atomic E-state index is -3.06. The summed E-state index contributed by atoms with van der Waals surface area (Å²) in [5.74, 6) is 0.238. The Morgan fingerprint density at radius 2 is 1.91 bits per heavy atom. The number of carbonyl (C=O) groups excluding carboxylic acids is 1. The molecule has 0 aromatic rings. The molecule has 130 valence electrons. The Bertz CT molecular complexity index is 378. The average Bonchev–Trinajstić information content (AvgIpc) is 2.45. The summed E-state index contributed by atoms with van der Waals surface area (Å²) >= 11 is 0. The summed E-state index contributed by atoms with van der Waals surface area (Å²) in [6, 6.07) is -0.325. The molecule has 0 spiro atoms. The van der Waals surface area contributed by atoms with Crippen molar-refractivity contribution in [2.75, 3.05) is 32.5 Å². The fourth-order valence-corrected chi connectivity index (χ4v) is 4.58. The van der Waals surface area contributed by atoms with Gasteiger partial charge in [0.1, 0.15) is 6.04 Å². The topological polar surface area (TPSA) is 73.9 Å². The monoisotopic (exact) mass is 335 g/mol. The minimum Gasteiger partial charge on any atom is -0.464 e. The third kappa shape index (κ3) is 6.78. The Hall–Kier alpha value is -0.420. The van der Waals surface area contributed by atoms with Gasteiger partial charge in [0, 0.05) is 0 Å². The van der Waals surface area contributed by atoms with E-state index >= 15 is 0 Å². The van der Waals surface area contributed by atoms with Crippen LogP contribution in [0, 0.1) is 11.8 Å². The molecule has 1 heterocycles. The fraction of sp³-hybridized carbons (Fsp3) is 0.933. The number of piperidine rings is 1. The van der Waals surface area contributed by atoms with Crippen molar-refractivity contribution in [1.29, 1.82) is 0 Å². The van der Waals surface area contributed by atoms with Crippen molar-refractivity contribution >= 4 is 13.6 Å². The van der Waals surface area contributed by atoms with Crippen molar-refractivity contribution in [3.63, 3.8) is 0 Å². The highest BCUT2D eigenvalue weighted by molar-refractivity contribution is 7.53. The predicted octanol–water partition coefficient (Wildman–Crippen LogP) is 2.82. The highest BCUT2D eigenvalue weighted by atomic mass is 31.2. The first-order valence-electron chi connectivity index (χ1n) is 8.18. The lowest BCUT2D eigenvalue weighted by Gasteiger charge is -2.31. The Morgan fingerprint density at radius 3 is 2.45 bits per heavy atom. The molecule has 0 bridgehead atoms. The van der Waals surface area contributed by atoms with Crippen molar-refractivity contribution in [1.82, 2.24) is 5.32 Å². The molecule has 1 aliphatic rings. The highest BCUT2D eigenvalue weighted by Crippen LogP contribution is 2.50. The number of nitrogens with one attached hydrogen (secondary N) is 1. The van der Waals surface area contributed by atoms with Gasteiger partial charge in [-0.05, 0) is 45.1 Å². The smallest absolute Gasteiger partial charge is 0.330 e. The molecule has 1 saturated heterocycles. The molecule has 6 nitrogen and oxygen atoms in total. The number of hydrogen-bond donors (Lipinski definition) is 1. The molecule has 0 aromatic carbocycles. The summed E-state index contributed by atoms with van der Waals surface area (Å²) < 4.78 is 28.6. The summed E-state index contributed by atoms with van der Waals surface area (Å²) in [5, 5.41) is 3.18. The van der Waals surface area contributed by atoms with Crippen molar-refractivity contribution in [3.05, 3.63) is 0 Å². The Balaban J connectivity index is 2.54. The molecule has 1 aliphatic heterocycles. The minimum absolute atomic E-state index is 0.141. The van der Waals surface area contributed by atoms with Crippen molar-refractivity contribution in [3.8, 4) is 0 Å². The lowest BCUT2D eigenvalue weighted by molar-refractivity contribution is -0.148. The Labute approximate surface area is 133 Å². The normalized spacial score (nSPS) is 22.8. The SMILES string of the molecule is CCOP(=O)(CC1CCNC(C(=O)OCC(C)C)C1)OCC. The zero-order valence-electron chi connectivity index (χ0n) is 14.2. The quantitative estimate of drug-likeness (QED) is 0.516. The van der Waals surface area contributed by atoms with E-state index in [4.69, 9.17) is 13.8 Å². The van der Waals surface area contributed by atoms with Crippen LogP contribution in [0.5, 0.6) is 0 Å². The van der Waals surface area contributed by atoms with Gasteiger partial charge >= 0.3 is 13.6 Å². The summed E-state index contributed by atoms with van der Waals surface area (Å²) in [7, 11) is -3.06. The maximum atomic E-state index is 12.6. The second-order valence-corrected chi connectivity index (χ2v) is 8.15. The number of ether oxygens (including phenoxy) is 1. The van der Waals surface area contributed by atoms with E-state index < -0.39 is 7.60 Å². The molecule has 1 fully saturated rings. The van der Waals surface area contributed by atoms with E-state index in [0.29, 0.717) is 44.9 Å². The highest BCUT2D eigenvalue weighted by Gasteiger charge is 2.34. The molecule has 2 atom stereocenters. The third-order valence-corrected chi connectivity index (χ3v) is 5.76. The lowest BCUT2D eigenvalue weighted by Crippen LogP contribution is -2.45. The van der Waals surface area contributed by atoms with Gasteiger partial charge in [0.25, 0.3) is 0 Å². The van der Waals surface area contributed by atoms with E-state index in [1.54, 1.807) is 13.8 Å². The van der Waals surface area contributed by atoms with Crippen LogP contribution >= 0.6 is 7.60 Å². The van der Waals surface area contributed by atoms with E-state index in [-0.39, 0.29) is 17.9 Å². The summed E-state index contributed by atoms with van der Waals surface area (Å²) in [4.78, 5) is 12.0. The predicted molar refractivity (Wildman–Crippen MR) is 86.0 cm³/mol. The van der Waals surface area contributed by atoms with E-state index in [0.717, 1.165) is 6.42 Å². The van der Waals surface area contributed by atoms with Gasteiger partial charge in [-0.25, -0.2) is 0 Å². The van der Waals surface area contributed by atoms with Crippen LogP contribution in [0.2, 0.25) is 0 Å². The van der Waals surface area contributed by atoms with E-state index in [1.165, 1.54) is 0 Å². The van der Waals surface area contributed by atoms with Crippen molar-refractivity contribution < 1.29 is 23.1 Å². The van der Waals surface area contributed by atoms with Crippen molar-refractivity contribution in [2.24, 2.45) is 11.8 Å². The molecule has 7 heteroatoms. The molecule has 0 saturated carbocycles. The number of hydrogen-bond acceptors (Lipinski definition) is 6. The van der Waals surface area contributed by atoms with Crippen LogP contribution in [0.3, 0.4) is 0 Å². The van der Waals surface area contributed by atoms with E-state index in [1.807, 2.05) is 13.8 Å². The Morgan fingerprint density at radius 1 is 1.27 bits per heavy atom. The van der Waals surface area contributed by atoms with Gasteiger partial charge < -0.3 is 19.1 Å². The van der Waals surface area contributed by atoms with Gasteiger partial charge in [-0.2, -0.15) is 0 Å². The van der Waals surface area contributed by atoms with Crippen LogP contribution in [0.15, 0.2) is 0 Å². The molecule has 22 heavy (non-hydrogen) atoms. The third-order valence-electron chi connectivity index (χ3n) is 3.49. The second-order valence-electron chi connectivity index (χ2n) is 6.05. The first-order chi connectivity index (χ1) is 10.4. The zero-order valence-corrected chi connectivity index (χ0v) is 15.1. The van der Waals surface area contributed by atoms with Crippen LogP contribution in [-0.2, 0) is 23.1 Å². The molecular weight excluding hydrogens is 305 g/mol. The average molecular weight is 335 g/mol. The van der Waals surface area contributed by atoms with Crippen LogP contribution in [-0.4, -0.2) is 44.5 Å². The second kappa shape index (κ2) is 9.66. The summed E-state index contributed by atoms with van der Waals surface area (Å²) in [6.45, 7) is 9.49. The molecule has 0 aromatic heterocycles. The van der Waals surface area contributed by atoms with Gasteiger partial charge in [-0.1, -0.05) is 13.8 Å². The van der Waals surface area contributed by atoms with Gasteiger partial charge in [0.2, 0.25) is 0 Å². The van der Waals surface area contributed by atoms with Crippen LogP contribution < -0.4 is 5.32 Å². The van der Waals surface area contributed by atoms with Crippen LogP contribution in [0.25, 0.3) is 0 Å². The van der Waals surface area contributed by atoms with Crippen LogP contribution in [0.4, 0.5) is 0 Å². The number of rotatable bonds is 9. The maximum Gasteiger partial charge on any atom is 0.330 e. The number of esters is 1. The largest absolute Gasteiger partial charge is 0.464 e. The summed E-state index contributed by atoms with van der Waals surface area (Å²) in [5.41, 5.74) is 0. The molecule has 1 rings (SSSR count). The molecule has 2 unspecified atom stereocenters. The zero-order chi connectivity index (χ0) is 16.6. The molecule has 0 amide bonds.